The fourth-order valence-corrected chi connectivity index (χ4v) is 3.66. The van der Waals surface area contributed by atoms with Gasteiger partial charge in [0.2, 0.25) is 0 Å². The summed E-state index contributed by atoms with van der Waals surface area (Å²) >= 11 is 4.62. The van der Waals surface area contributed by atoms with E-state index < -0.39 is 0 Å². The second kappa shape index (κ2) is 6.60. The third-order valence-corrected chi connectivity index (χ3v) is 5.45. The smallest absolute Gasteiger partial charge is 0.0472 e. The number of likely N-dealkylation sites (N-methyl/N-ethyl adjacent to an activating group) is 1. The monoisotopic (exact) mass is 272 g/mol. The molecular formula is C14H28N2OS. The van der Waals surface area contributed by atoms with Gasteiger partial charge in [-0.3, -0.25) is 4.90 Å². The molecule has 0 aromatic heterocycles. The second-order valence-corrected chi connectivity index (χ2v) is 6.36. The summed E-state index contributed by atoms with van der Waals surface area (Å²) in [5.41, 5.74) is 0.398. The molecule has 0 bridgehead atoms. The highest BCUT2D eigenvalue weighted by atomic mass is 32.1. The summed E-state index contributed by atoms with van der Waals surface area (Å²) in [6.07, 6.45) is 3.61. The van der Waals surface area contributed by atoms with Gasteiger partial charge >= 0.3 is 0 Å². The van der Waals surface area contributed by atoms with Crippen molar-refractivity contribution in [2.75, 3.05) is 52.2 Å². The van der Waals surface area contributed by atoms with Gasteiger partial charge in [0.25, 0.3) is 0 Å². The molecule has 3 nitrogen and oxygen atoms in total. The molecule has 0 saturated carbocycles. The summed E-state index contributed by atoms with van der Waals surface area (Å²) in [6.45, 7) is 9.00. The number of nitrogens with zero attached hydrogens (tertiary/aromatic N) is 2. The standard InChI is InChI=1S/C14H28N2OS/c1-3-13-10-16(7-6-15(13)2)11-14(12-18)4-8-17-9-5-14/h13,18H,3-12H2,1-2H3. The molecule has 0 aromatic carbocycles. The van der Waals surface area contributed by atoms with Crippen molar-refractivity contribution >= 4 is 12.6 Å². The SMILES string of the molecule is CCC1CN(CC2(CS)CCOCC2)CCN1C. The molecule has 2 fully saturated rings. The molecule has 1 unspecified atom stereocenters. The molecule has 0 amide bonds. The molecule has 0 aliphatic carbocycles. The molecule has 1 atom stereocenters. The lowest BCUT2D eigenvalue weighted by atomic mass is 9.81. The Morgan fingerprint density at radius 1 is 1.28 bits per heavy atom. The van der Waals surface area contributed by atoms with Crippen molar-refractivity contribution in [1.29, 1.82) is 0 Å². The Morgan fingerprint density at radius 2 is 2.00 bits per heavy atom. The maximum Gasteiger partial charge on any atom is 0.0472 e. The summed E-state index contributed by atoms with van der Waals surface area (Å²) in [5.74, 6) is 0.999. The Balaban J connectivity index is 1.91. The van der Waals surface area contributed by atoms with Crippen LogP contribution in [0.5, 0.6) is 0 Å². The van der Waals surface area contributed by atoms with Crippen molar-refractivity contribution in [1.82, 2.24) is 9.80 Å². The first-order valence-corrected chi connectivity index (χ1v) is 7.93. The lowest BCUT2D eigenvalue weighted by Gasteiger charge is -2.45. The molecule has 0 aromatic rings. The lowest BCUT2D eigenvalue weighted by Crippen LogP contribution is -2.54. The molecular weight excluding hydrogens is 244 g/mol. The summed E-state index contributed by atoms with van der Waals surface area (Å²) < 4.78 is 5.51. The fraction of sp³-hybridized carbons (Fsp3) is 1.00. The van der Waals surface area contributed by atoms with E-state index in [4.69, 9.17) is 4.74 Å². The predicted molar refractivity (Wildman–Crippen MR) is 79.5 cm³/mol. The molecule has 2 aliphatic rings. The van der Waals surface area contributed by atoms with Crippen LogP contribution in [0.2, 0.25) is 0 Å². The summed E-state index contributed by atoms with van der Waals surface area (Å²) in [6, 6.07) is 0.732. The van der Waals surface area contributed by atoms with Crippen LogP contribution in [-0.4, -0.2) is 68.0 Å². The Kier molecular flexibility index (Phi) is 5.36. The number of piperazine rings is 1. The Morgan fingerprint density at radius 3 is 2.61 bits per heavy atom. The first-order chi connectivity index (χ1) is 8.69. The summed E-state index contributed by atoms with van der Waals surface area (Å²) in [5, 5.41) is 0. The Bertz CT molecular complexity index is 256. The van der Waals surface area contributed by atoms with Crippen molar-refractivity contribution in [2.24, 2.45) is 5.41 Å². The second-order valence-electron chi connectivity index (χ2n) is 6.05. The van der Waals surface area contributed by atoms with Gasteiger partial charge in [-0.25, -0.2) is 0 Å². The van der Waals surface area contributed by atoms with Gasteiger partial charge in [0.05, 0.1) is 0 Å². The maximum absolute atomic E-state index is 5.51. The normalized spacial score (nSPS) is 30.5. The van der Waals surface area contributed by atoms with Crippen LogP contribution in [0.15, 0.2) is 0 Å². The van der Waals surface area contributed by atoms with Gasteiger partial charge in [0.15, 0.2) is 0 Å². The lowest BCUT2D eigenvalue weighted by molar-refractivity contribution is -0.00726. The van der Waals surface area contributed by atoms with Gasteiger partial charge < -0.3 is 9.64 Å². The zero-order chi connectivity index (χ0) is 13.0. The van der Waals surface area contributed by atoms with Crippen molar-refractivity contribution in [3.05, 3.63) is 0 Å². The average molecular weight is 272 g/mol. The first-order valence-electron chi connectivity index (χ1n) is 7.30. The number of ether oxygens (including phenoxy) is 1. The highest BCUT2D eigenvalue weighted by Crippen LogP contribution is 2.33. The zero-order valence-electron chi connectivity index (χ0n) is 11.9. The van der Waals surface area contributed by atoms with E-state index in [1.807, 2.05) is 0 Å². The summed E-state index contributed by atoms with van der Waals surface area (Å²) in [4.78, 5) is 5.17. The minimum absolute atomic E-state index is 0.398. The summed E-state index contributed by atoms with van der Waals surface area (Å²) in [7, 11) is 2.26. The fourth-order valence-electron chi connectivity index (χ4n) is 3.24. The Hall–Kier alpha value is 0.230. The van der Waals surface area contributed by atoms with Crippen LogP contribution < -0.4 is 0 Å². The molecule has 2 rings (SSSR count). The van der Waals surface area contributed by atoms with Crippen LogP contribution in [0, 0.1) is 5.41 Å². The number of hydrogen-bond acceptors (Lipinski definition) is 4. The van der Waals surface area contributed by atoms with Crippen LogP contribution in [0.25, 0.3) is 0 Å². The van der Waals surface area contributed by atoms with E-state index in [0.717, 1.165) is 25.0 Å². The van der Waals surface area contributed by atoms with E-state index in [1.165, 1.54) is 45.4 Å². The third-order valence-electron chi connectivity index (χ3n) is 4.78. The highest BCUT2D eigenvalue weighted by Gasteiger charge is 2.35. The number of rotatable bonds is 4. The predicted octanol–water partition coefficient (Wildman–Crippen LogP) is 1.74. The van der Waals surface area contributed by atoms with Gasteiger partial charge in [-0.1, -0.05) is 6.92 Å². The molecule has 2 heterocycles. The molecule has 18 heavy (non-hydrogen) atoms. The zero-order valence-corrected chi connectivity index (χ0v) is 12.8. The van der Waals surface area contributed by atoms with Gasteiger partial charge in [-0.2, -0.15) is 12.6 Å². The largest absolute Gasteiger partial charge is 0.381 e. The number of thiol groups is 1. The van der Waals surface area contributed by atoms with E-state index >= 15 is 0 Å². The molecule has 0 N–H and O–H groups in total. The Labute approximate surface area is 117 Å². The highest BCUT2D eigenvalue weighted by molar-refractivity contribution is 7.80. The van der Waals surface area contributed by atoms with E-state index in [2.05, 4.69) is 36.4 Å². The quantitative estimate of drug-likeness (QED) is 0.785. The van der Waals surface area contributed by atoms with Gasteiger partial charge in [0, 0.05) is 45.4 Å². The molecule has 0 radical (unpaired) electrons. The van der Waals surface area contributed by atoms with Gasteiger partial charge in [-0.05, 0) is 37.5 Å². The molecule has 106 valence electrons. The van der Waals surface area contributed by atoms with E-state index in [-0.39, 0.29) is 0 Å². The molecule has 2 aliphatic heterocycles. The van der Waals surface area contributed by atoms with E-state index in [9.17, 15) is 0 Å². The third kappa shape index (κ3) is 3.41. The van der Waals surface area contributed by atoms with Crippen LogP contribution in [0.3, 0.4) is 0 Å². The van der Waals surface area contributed by atoms with E-state index in [0.29, 0.717) is 5.41 Å². The van der Waals surface area contributed by atoms with Crippen LogP contribution in [0.4, 0.5) is 0 Å². The maximum atomic E-state index is 5.51. The van der Waals surface area contributed by atoms with Crippen LogP contribution in [-0.2, 0) is 4.74 Å². The van der Waals surface area contributed by atoms with Crippen molar-refractivity contribution < 1.29 is 4.74 Å². The first kappa shape index (κ1) is 14.6. The molecule has 2 saturated heterocycles. The van der Waals surface area contributed by atoms with Crippen molar-refractivity contribution in [3.8, 4) is 0 Å². The minimum Gasteiger partial charge on any atom is -0.381 e. The van der Waals surface area contributed by atoms with Crippen molar-refractivity contribution in [3.63, 3.8) is 0 Å². The van der Waals surface area contributed by atoms with Gasteiger partial charge in [0.1, 0.15) is 0 Å². The number of hydrogen-bond donors (Lipinski definition) is 1. The van der Waals surface area contributed by atoms with Gasteiger partial charge in [-0.15, -0.1) is 0 Å². The minimum atomic E-state index is 0.398. The average Bonchev–Trinajstić information content (AvgIpc) is 2.42. The van der Waals surface area contributed by atoms with E-state index in [1.54, 1.807) is 0 Å². The topological polar surface area (TPSA) is 15.7 Å². The van der Waals surface area contributed by atoms with Crippen LogP contribution >= 0.6 is 12.6 Å². The molecule has 0 spiro atoms. The van der Waals surface area contributed by atoms with Crippen LogP contribution in [0.1, 0.15) is 26.2 Å². The molecule has 4 heteroatoms. The van der Waals surface area contributed by atoms with Crippen molar-refractivity contribution in [2.45, 2.75) is 32.2 Å².